The number of methoxy groups -OCH3 is 1. The van der Waals surface area contributed by atoms with Gasteiger partial charge >= 0.3 is 0 Å². The third kappa shape index (κ3) is 2.96. The van der Waals surface area contributed by atoms with Gasteiger partial charge in [-0.25, -0.2) is 0 Å². The fraction of sp³-hybridized carbons (Fsp3) is 0.571. The van der Waals surface area contributed by atoms with Gasteiger partial charge in [-0.15, -0.1) is 0 Å². The number of H-pyrrole nitrogens is 1. The molecule has 148 valence electrons. The number of nitrogens with zero attached hydrogens (tertiary/aromatic N) is 2. The maximum absolute atomic E-state index is 12.8. The average Bonchev–Trinajstić information content (AvgIpc) is 3.45. The monoisotopic (exact) mass is 398 g/mol. The summed E-state index contributed by atoms with van der Waals surface area (Å²) in [6.07, 6.45) is 6.59. The molecular weight excluding hydrogens is 372 g/mol. The maximum atomic E-state index is 12.8. The molecule has 2 N–H and O–H groups in total. The Morgan fingerprint density at radius 3 is 2.82 bits per heavy atom. The minimum absolute atomic E-state index is 0.0272. The number of ether oxygens (including phenoxy) is 1. The number of aromatic amines is 1. The summed E-state index contributed by atoms with van der Waals surface area (Å²) in [7, 11) is 1.64. The molecule has 0 aliphatic heterocycles. The number of amides is 1. The molecule has 5 atom stereocenters. The van der Waals surface area contributed by atoms with Gasteiger partial charge in [0.05, 0.1) is 7.11 Å². The lowest BCUT2D eigenvalue weighted by Crippen LogP contribution is -2.43. The van der Waals surface area contributed by atoms with Gasteiger partial charge in [0.1, 0.15) is 12.3 Å². The molecule has 0 saturated heterocycles. The van der Waals surface area contributed by atoms with E-state index in [1.165, 1.54) is 25.7 Å². The van der Waals surface area contributed by atoms with Gasteiger partial charge in [-0.1, -0.05) is 6.42 Å². The number of hydrogen-bond donors (Lipinski definition) is 2. The van der Waals surface area contributed by atoms with Crippen LogP contribution in [-0.2, 0) is 11.3 Å². The first-order valence-electron chi connectivity index (χ1n) is 10.2. The van der Waals surface area contributed by atoms with Gasteiger partial charge in [0.25, 0.3) is 0 Å². The second-order valence-electron chi connectivity index (χ2n) is 8.49. The minimum atomic E-state index is 0.0272. The SMILES string of the molecule is COc1ccc(-c2n[nH]c(=S)n2CC(=O)NC2CC3CC2C2CCCC32)cc1. The highest BCUT2D eigenvalue weighted by Crippen LogP contribution is 2.58. The van der Waals surface area contributed by atoms with Crippen LogP contribution in [0.25, 0.3) is 11.4 Å². The Labute approximate surface area is 169 Å². The number of aromatic nitrogens is 3. The zero-order chi connectivity index (χ0) is 19.3. The van der Waals surface area contributed by atoms with Gasteiger partial charge in [0, 0.05) is 11.6 Å². The Balaban J connectivity index is 1.29. The number of nitrogens with one attached hydrogen (secondary N) is 2. The van der Waals surface area contributed by atoms with E-state index in [1.807, 2.05) is 24.3 Å². The molecule has 3 aliphatic rings. The van der Waals surface area contributed by atoms with Crippen LogP contribution in [0.3, 0.4) is 0 Å². The van der Waals surface area contributed by atoms with Crippen LogP contribution >= 0.6 is 12.2 Å². The molecule has 3 saturated carbocycles. The molecule has 2 bridgehead atoms. The minimum Gasteiger partial charge on any atom is -0.497 e. The average molecular weight is 399 g/mol. The van der Waals surface area contributed by atoms with Crippen molar-refractivity contribution in [1.29, 1.82) is 0 Å². The third-order valence-corrected chi connectivity index (χ3v) is 7.49. The van der Waals surface area contributed by atoms with Crippen molar-refractivity contribution in [3.8, 4) is 17.1 Å². The molecule has 0 radical (unpaired) electrons. The number of carbonyl (C=O) groups is 1. The van der Waals surface area contributed by atoms with Gasteiger partial charge in [-0.2, -0.15) is 5.10 Å². The van der Waals surface area contributed by atoms with Gasteiger partial charge in [0.2, 0.25) is 5.91 Å². The fourth-order valence-corrected chi connectivity index (χ4v) is 6.25. The van der Waals surface area contributed by atoms with Gasteiger partial charge in [0.15, 0.2) is 10.6 Å². The number of rotatable bonds is 5. The molecule has 1 aromatic carbocycles. The van der Waals surface area contributed by atoms with Crippen molar-refractivity contribution in [2.24, 2.45) is 23.7 Å². The number of benzene rings is 1. The summed E-state index contributed by atoms with van der Waals surface area (Å²) in [5.41, 5.74) is 0.898. The van der Waals surface area contributed by atoms with Crippen LogP contribution in [0.2, 0.25) is 0 Å². The van der Waals surface area contributed by atoms with Crippen LogP contribution in [0.4, 0.5) is 0 Å². The second kappa shape index (κ2) is 7.03. The molecule has 7 heteroatoms. The molecule has 2 aromatic rings. The summed E-state index contributed by atoms with van der Waals surface area (Å²) < 4.78 is 7.45. The molecule has 0 spiro atoms. The van der Waals surface area contributed by atoms with E-state index in [9.17, 15) is 4.79 Å². The van der Waals surface area contributed by atoms with E-state index >= 15 is 0 Å². The largest absolute Gasteiger partial charge is 0.497 e. The molecule has 3 aliphatic carbocycles. The molecule has 28 heavy (non-hydrogen) atoms. The highest BCUT2D eigenvalue weighted by Gasteiger charge is 2.53. The summed E-state index contributed by atoms with van der Waals surface area (Å²) in [5.74, 6) is 4.76. The molecule has 5 rings (SSSR count). The molecular formula is C21H26N4O2S. The van der Waals surface area contributed by atoms with Gasteiger partial charge in [-0.05, 0) is 85.8 Å². The lowest BCUT2D eigenvalue weighted by Gasteiger charge is -2.32. The smallest absolute Gasteiger partial charge is 0.240 e. The second-order valence-corrected chi connectivity index (χ2v) is 8.88. The van der Waals surface area contributed by atoms with Gasteiger partial charge in [-0.3, -0.25) is 14.5 Å². The Bertz CT molecular complexity index is 935. The molecule has 1 aromatic heterocycles. The van der Waals surface area contributed by atoms with Crippen molar-refractivity contribution in [2.75, 3.05) is 7.11 Å². The first-order valence-corrected chi connectivity index (χ1v) is 10.6. The molecule has 1 amide bonds. The molecule has 5 unspecified atom stereocenters. The van der Waals surface area contributed by atoms with Crippen LogP contribution in [-0.4, -0.2) is 33.8 Å². The Morgan fingerprint density at radius 1 is 1.25 bits per heavy atom. The van der Waals surface area contributed by atoms with Crippen LogP contribution in [0.1, 0.15) is 32.1 Å². The van der Waals surface area contributed by atoms with E-state index in [0.29, 0.717) is 22.6 Å². The Kier molecular flexibility index (Phi) is 4.50. The Morgan fingerprint density at radius 2 is 2.04 bits per heavy atom. The van der Waals surface area contributed by atoms with Crippen molar-refractivity contribution in [2.45, 2.75) is 44.7 Å². The first kappa shape index (κ1) is 17.9. The van der Waals surface area contributed by atoms with Crippen molar-refractivity contribution in [3.05, 3.63) is 29.0 Å². The van der Waals surface area contributed by atoms with Crippen LogP contribution < -0.4 is 10.1 Å². The summed E-state index contributed by atoms with van der Waals surface area (Å²) in [6, 6.07) is 7.94. The van der Waals surface area contributed by atoms with Crippen molar-refractivity contribution >= 4 is 18.1 Å². The highest BCUT2D eigenvalue weighted by atomic mass is 32.1. The normalized spacial score (nSPS) is 30.4. The zero-order valence-corrected chi connectivity index (χ0v) is 16.9. The van der Waals surface area contributed by atoms with Crippen LogP contribution in [0.15, 0.2) is 24.3 Å². The van der Waals surface area contributed by atoms with Crippen LogP contribution in [0.5, 0.6) is 5.75 Å². The van der Waals surface area contributed by atoms with Crippen molar-refractivity contribution in [1.82, 2.24) is 20.1 Å². The standard InChI is InChI=1S/C21H26N4O2S/c1-27-14-7-5-12(6-8-14)20-23-24-21(28)25(20)11-19(26)22-18-10-13-9-17(18)16-4-2-3-15(13)16/h5-8,13,15-18H,2-4,9-11H2,1H3,(H,22,26)(H,24,28). The topological polar surface area (TPSA) is 71.9 Å². The number of carbonyl (C=O) groups excluding carboxylic acids is 1. The predicted molar refractivity (Wildman–Crippen MR) is 108 cm³/mol. The van der Waals surface area contributed by atoms with E-state index in [1.54, 1.807) is 11.7 Å². The first-order chi connectivity index (χ1) is 13.6. The van der Waals surface area contributed by atoms with Crippen molar-refractivity contribution < 1.29 is 9.53 Å². The van der Waals surface area contributed by atoms with Crippen molar-refractivity contribution in [3.63, 3.8) is 0 Å². The molecule has 3 fully saturated rings. The lowest BCUT2D eigenvalue weighted by atomic mass is 9.79. The third-order valence-electron chi connectivity index (χ3n) is 7.18. The molecule has 6 nitrogen and oxygen atoms in total. The fourth-order valence-electron chi connectivity index (χ4n) is 6.05. The van der Waals surface area contributed by atoms with Gasteiger partial charge < -0.3 is 10.1 Å². The predicted octanol–water partition coefficient (Wildman–Crippen LogP) is 3.56. The highest BCUT2D eigenvalue weighted by molar-refractivity contribution is 7.71. The maximum Gasteiger partial charge on any atom is 0.240 e. The summed E-state index contributed by atoms with van der Waals surface area (Å²) >= 11 is 5.38. The van der Waals surface area contributed by atoms with E-state index in [4.69, 9.17) is 17.0 Å². The zero-order valence-electron chi connectivity index (χ0n) is 16.1. The summed E-state index contributed by atoms with van der Waals surface area (Å²) in [6.45, 7) is 0.193. The Hall–Kier alpha value is -2.15. The number of fused-ring (bicyclic) bond motifs is 5. The van der Waals surface area contributed by atoms with E-state index < -0.39 is 0 Å². The van der Waals surface area contributed by atoms with E-state index in [-0.39, 0.29) is 12.5 Å². The summed E-state index contributed by atoms with van der Waals surface area (Å²) in [5, 5.41) is 10.5. The van der Waals surface area contributed by atoms with E-state index in [2.05, 4.69) is 15.5 Å². The van der Waals surface area contributed by atoms with E-state index in [0.717, 1.165) is 35.5 Å². The quantitative estimate of drug-likeness (QED) is 0.756. The lowest BCUT2D eigenvalue weighted by molar-refractivity contribution is -0.122. The number of hydrogen-bond acceptors (Lipinski definition) is 4. The molecule has 1 heterocycles. The summed E-state index contributed by atoms with van der Waals surface area (Å²) in [4.78, 5) is 12.8. The van der Waals surface area contributed by atoms with Crippen LogP contribution in [0, 0.1) is 28.4 Å².